The molecule has 0 unspecified atom stereocenters. The molecule has 0 aliphatic carbocycles. The molecular weight excluding hydrogens is 182 g/mol. The number of hydrazine groups is 1. The zero-order valence-electron chi connectivity index (χ0n) is 8.62. The Bertz CT molecular complexity index is 242. The molecule has 3 N–H and O–H groups in total. The Labute approximate surface area is 83.6 Å². The summed E-state index contributed by atoms with van der Waals surface area (Å²) in [5.74, 6) is 4.96. The third-order valence-electron chi connectivity index (χ3n) is 2.79. The molecule has 0 spiro atoms. The average molecular weight is 199 g/mol. The Morgan fingerprint density at radius 2 is 2.14 bits per heavy atom. The van der Waals surface area contributed by atoms with Crippen molar-refractivity contribution < 1.29 is 9.59 Å². The summed E-state index contributed by atoms with van der Waals surface area (Å²) in [4.78, 5) is 24.2. The van der Waals surface area contributed by atoms with E-state index in [9.17, 15) is 9.59 Å². The fourth-order valence-corrected chi connectivity index (χ4v) is 2.00. The van der Waals surface area contributed by atoms with Gasteiger partial charge in [-0.25, -0.2) is 5.84 Å². The minimum Gasteiger partial charge on any atom is -0.340 e. The summed E-state index contributed by atoms with van der Waals surface area (Å²) in [6.45, 7) is 4.16. The van der Waals surface area contributed by atoms with Crippen molar-refractivity contribution in [2.45, 2.75) is 32.7 Å². The van der Waals surface area contributed by atoms with Gasteiger partial charge in [0.2, 0.25) is 11.8 Å². The van der Waals surface area contributed by atoms with Crippen LogP contribution >= 0.6 is 0 Å². The Morgan fingerprint density at radius 1 is 1.50 bits per heavy atom. The predicted molar refractivity (Wildman–Crippen MR) is 51.9 cm³/mol. The second-order valence-electron chi connectivity index (χ2n) is 3.79. The summed E-state index contributed by atoms with van der Waals surface area (Å²) in [5, 5.41) is 0. The zero-order chi connectivity index (χ0) is 10.7. The van der Waals surface area contributed by atoms with Gasteiger partial charge in [0, 0.05) is 25.4 Å². The number of hydrogen-bond donors (Lipinski definition) is 2. The van der Waals surface area contributed by atoms with Crippen molar-refractivity contribution in [1.29, 1.82) is 0 Å². The number of nitrogens with one attached hydrogen (secondary N) is 1. The predicted octanol–water partition coefficient (Wildman–Crippen LogP) is -0.377. The second-order valence-corrected chi connectivity index (χ2v) is 3.79. The monoisotopic (exact) mass is 199 g/mol. The van der Waals surface area contributed by atoms with Crippen LogP contribution in [0.1, 0.15) is 26.7 Å². The van der Waals surface area contributed by atoms with Gasteiger partial charge >= 0.3 is 0 Å². The van der Waals surface area contributed by atoms with Gasteiger partial charge in [0.25, 0.3) is 0 Å². The van der Waals surface area contributed by atoms with E-state index in [4.69, 9.17) is 5.84 Å². The van der Waals surface area contributed by atoms with Gasteiger partial charge in [0.1, 0.15) is 0 Å². The van der Waals surface area contributed by atoms with Crippen LogP contribution in [0.3, 0.4) is 0 Å². The van der Waals surface area contributed by atoms with Crippen LogP contribution in [0, 0.1) is 5.92 Å². The van der Waals surface area contributed by atoms with Crippen LogP contribution < -0.4 is 11.3 Å². The lowest BCUT2D eigenvalue weighted by atomic mass is 9.91. The van der Waals surface area contributed by atoms with Crippen molar-refractivity contribution in [2.75, 3.05) is 6.54 Å². The zero-order valence-corrected chi connectivity index (χ0v) is 8.62. The smallest absolute Gasteiger partial charge is 0.237 e. The largest absolute Gasteiger partial charge is 0.340 e. The highest BCUT2D eigenvalue weighted by Crippen LogP contribution is 2.22. The molecule has 1 fully saturated rings. The van der Waals surface area contributed by atoms with Gasteiger partial charge in [0.05, 0.1) is 0 Å². The lowest BCUT2D eigenvalue weighted by Crippen LogP contribution is -2.48. The molecule has 1 heterocycles. The van der Waals surface area contributed by atoms with E-state index in [2.05, 4.69) is 5.43 Å². The van der Waals surface area contributed by atoms with E-state index in [0.717, 1.165) is 0 Å². The first-order chi connectivity index (χ1) is 6.56. The van der Waals surface area contributed by atoms with Crippen molar-refractivity contribution in [1.82, 2.24) is 10.3 Å². The lowest BCUT2D eigenvalue weighted by molar-refractivity contribution is -0.136. The van der Waals surface area contributed by atoms with E-state index in [1.807, 2.05) is 6.92 Å². The molecule has 0 saturated carbocycles. The maximum absolute atomic E-state index is 11.2. The van der Waals surface area contributed by atoms with Gasteiger partial charge in [-0.05, 0) is 19.8 Å². The van der Waals surface area contributed by atoms with Crippen molar-refractivity contribution in [2.24, 2.45) is 11.8 Å². The second kappa shape index (κ2) is 4.41. The van der Waals surface area contributed by atoms with Gasteiger partial charge in [-0.3, -0.25) is 15.0 Å². The highest BCUT2D eigenvalue weighted by molar-refractivity contribution is 5.79. The van der Waals surface area contributed by atoms with E-state index in [1.54, 1.807) is 11.8 Å². The summed E-state index contributed by atoms with van der Waals surface area (Å²) in [5.41, 5.74) is 2.16. The van der Waals surface area contributed by atoms with Crippen molar-refractivity contribution >= 4 is 11.8 Å². The number of nitrogens with two attached hydrogens (primary N) is 1. The van der Waals surface area contributed by atoms with Crippen LogP contribution in [-0.2, 0) is 9.59 Å². The van der Waals surface area contributed by atoms with E-state index >= 15 is 0 Å². The molecule has 2 amide bonds. The van der Waals surface area contributed by atoms with Gasteiger partial charge in [-0.1, -0.05) is 0 Å². The number of carbonyl (C=O) groups excluding carboxylic acids is 2. The van der Waals surface area contributed by atoms with Gasteiger partial charge < -0.3 is 4.90 Å². The molecule has 0 radical (unpaired) electrons. The third kappa shape index (κ3) is 2.23. The van der Waals surface area contributed by atoms with Gasteiger partial charge in [-0.15, -0.1) is 0 Å². The quantitative estimate of drug-likeness (QED) is 0.343. The minimum atomic E-state index is -0.125. The number of hydrogen-bond acceptors (Lipinski definition) is 3. The molecule has 5 nitrogen and oxygen atoms in total. The first-order valence-corrected chi connectivity index (χ1v) is 4.84. The fourth-order valence-electron chi connectivity index (χ4n) is 2.00. The molecule has 1 rings (SSSR count). The third-order valence-corrected chi connectivity index (χ3v) is 2.79. The number of nitrogens with zero attached hydrogens (tertiary/aromatic N) is 1. The highest BCUT2D eigenvalue weighted by Gasteiger charge is 2.30. The molecule has 14 heavy (non-hydrogen) atoms. The minimum absolute atomic E-state index is 0.0504. The summed E-state index contributed by atoms with van der Waals surface area (Å²) in [6, 6.07) is 0.128. The van der Waals surface area contributed by atoms with Crippen LogP contribution in [0.4, 0.5) is 0 Å². The van der Waals surface area contributed by atoms with E-state index in [1.165, 1.54) is 0 Å². The SMILES string of the molecule is CC(=O)N1CC[C@H](C(=O)NN)C[C@@H]1C. The molecule has 1 aliphatic rings. The van der Waals surface area contributed by atoms with Crippen LogP contribution in [0.25, 0.3) is 0 Å². The van der Waals surface area contributed by atoms with Crippen LogP contribution in [-0.4, -0.2) is 29.3 Å². The summed E-state index contributed by atoms with van der Waals surface area (Å²) >= 11 is 0. The number of carbonyl (C=O) groups is 2. The maximum atomic E-state index is 11.2. The van der Waals surface area contributed by atoms with Crippen molar-refractivity contribution in [3.8, 4) is 0 Å². The van der Waals surface area contributed by atoms with E-state index < -0.39 is 0 Å². The lowest BCUT2D eigenvalue weighted by Gasteiger charge is -2.36. The molecule has 0 aromatic rings. The van der Waals surface area contributed by atoms with Crippen LogP contribution in [0.2, 0.25) is 0 Å². The van der Waals surface area contributed by atoms with Gasteiger partial charge in [0.15, 0.2) is 0 Å². The van der Waals surface area contributed by atoms with Crippen LogP contribution in [0.5, 0.6) is 0 Å². The molecule has 80 valence electrons. The van der Waals surface area contributed by atoms with Crippen LogP contribution in [0.15, 0.2) is 0 Å². The average Bonchev–Trinajstić information content (AvgIpc) is 2.15. The van der Waals surface area contributed by atoms with Gasteiger partial charge in [-0.2, -0.15) is 0 Å². The summed E-state index contributed by atoms with van der Waals surface area (Å²) in [6.07, 6.45) is 1.40. The van der Waals surface area contributed by atoms with Crippen molar-refractivity contribution in [3.63, 3.8) is 0 Å². The topological polar surface area (TPSA) is 75.4 Å². The molecule has 0 aromatic heterocycles. The summed E-state index contributed by atoms with van der Waals surface area (Å²) in [7, 11) is 0. The Kier molecular flexibility index (Phi) is 3.46. The Morgan fingerprint density at radius 3 is 2.57 bits per heavy atom. The maximum Gasteiger partial charge on any atom is 0.237 e. The summed E-state index contributed by atoms with van der Waals surface area (Å²) < 4.78 is 0. The molecule has 1 saturated heterocycles. The molecule has 2 atom stereocenters. The molecule has 0 aromatic carbocycles. The Hall–Kier alpha value is -1.10. The standard InChI is InChI=1S/C9H17N3O2/c1-6-5-8(9(14)11-10)3-4-12(6)7(2)13/h6,8H,3-5,10H2,1-2H3,(H,11,14)/t6-,8-/m0/s1. The molecule has 1 aliphatic heterocycles. The number of amides is 2. The molecule has 5 heteroatoms. The van der Waals surface area contributed by atoms with Crippen molar-refractivity contribution in [3.05, 3.63) is 0 Å². The normalized spacial score (nSPS) is 27.2. The molecular formula is C9H17N3O2. The number of rotatable bonds is 1. The fraction of sp³-hybridized carbons (Fsp3) is 0.778. The number of piperidine rings is 1. The van der Waals surface area contributed by atoms with E-state index in [0.29, 0.717) is 19.4 Å². The molecule has 0 bridgehead atoms. The first kappa shape index (κ1) is 11.0. The van der Waals surface area contributed by atoms with E-state index in [-0.39, 0.29) is 23.8 Å². The first-order valence-electron chi connectivity index (χ1n) is 4.84. The Balaban J connectivity index is 2.55. The highest BCUT2D eigenvalue weighted by atomic mass is 16.2. The number of likely N-dealkylation sites (tertiary alicyclic amines) is 1.